The van der Waals surface area contributed by atoms with Crippen molar-refractivity contribution in [1.82, 2.24) is 5.01 Å². The molecular formula is C21H24N4O4S. The maximum absolute atomic E-state index is 5.77. The second-order valence-electron chi connectivity index (χ2n) is 6.13. The second kappa shape index (κ2) is 9.45. The Morgan fingerprint density at radius 3 is 2.33 bits per heavy atom. The Morgan fingerprint density at radius 2 is 1.70 bits per heavy atom. The summed E-state index contributed by atoms with van der Waals surface area (Å²) in [6.45, 7) is 4.11. The molecule has 8 nitrogen and oxygen atoms in total. The van der Waals surface area contributed by atoms with Gasteiger partial charge < -0.3 is 24.8 Å². The van der Waals surface area contributed by atoms with Crippen LogP contribution in [0.15, 0.2) is 58.2 Å². The van der Waals surface area contributed by atoms with Crippen LogP contribution in [0.25, 0.3) is 0 Å². The van der Waals surface area contributed by atoms with E-state index in [0.717, 1.165) is 11.3 Å². The maximum Gasteiger partial charge on any atom is 0.184 e. The fraction of sp³-hybridized carbons (Fsp3) is 0.238. The van der Waals surface area contributed by atoms with Crippen molar-refractivity contribution < 1.29 is 18.9 Å². The number of amidine groups is 1. The summed E-state index contributed by atoms with van der Waals surface area (Å²) in [6, 6.07) is 11.0. The normalized spacial score (nSPS) is 14.3. The van der Waals surface area contributed by atoms with Gasteiger partial charge in [-0.1, -0.05) is 6.58 Å². The zero-order valence-corrected chi connectivity index (χ0v) is 18.2. The van der Waals surface area contributed by atoms with Gasteiger partial charge in [0, 0.05) is 11.3 Å². The van der Waals surface area contributed by atoms with E-state index in [1.54, 1.807) is 51.6 Å². The highest BCUT2D eigenvalue weighted by Gasteiger charge is 2.26. The number of hydrogen-bond donors (Lipinski definition) is 1. The van der Waals surface area contributed by atoms with E-state index in [-0.39, 0.29) is 0 Å². The number of methoxy groups -OCH3 is 4. The monoisotopic (exact) mass is 428 g/mol. The smallest absolute Gasteiger partial charge is 0.184 e. The molecule has 0 saturated carbocycles. The molecule has 1 aliphatic rings. The molecule has 1 heterocycles. The van der Waals surface area contributed by atoms with E-state index in [2.05, 4.69) is 11.7 Å². The molecule has 0 unspecified atom stereocenters. The molecule has 0 fully saturated rings. The van der Waals surface area contributed by atoms with Gasteiger partial charge in [0.25, 0.3) is 0 Å². The summed E-state index contributed by atoms with van der Waals surface area (Å²) in [5, 5.41) is 11.1. The highest BCUT2D eigenvalue weighted by atomic mass is 32.2. The highest BCUT2D eigenvalue weighted by molar-refractivity contribution is 8.03. The molecule has 2 N–H and O–H groups in total. The Kier molecular flexibility index (Phi) is 6.73. The average Bonchev–Trinajstić information content (AvgIpc) is 2.80. The van der Waals surface area contributed by atoms with Crippen LogP contribution < -0.4 is 24.8 Å². The first kappa shape index (κ1) is 21.4. The predicted molar refractivity (Wildman–Crippen MR) is 120 cm³/mol. The van der Waals surface area contributed by atoms with Crippen molar-refractivity contribution >= 4 is 23.3 Å². The number of rotatable bonds is 6. The quantitative estimate of drug-likeness (QED) is 0.327. The minimum Gasteiger partial charge on any atom is -0.497 e. The topological polar surface area (TPSA) is 90.9 Å². The summed E-state index contributed by atoms with van der Waals surface area (Å²) >= 11 is 1.53. The summed E-state index contributed by atoms with van der Waals surface area (Å²) in [4.78, 5) is 0. The molecule has 9 heteroatoms. The first-order valence-corrected chi connectivity index (χ1v) is 9.96. The largest absolute Gasteiger partial charge is 0.497 e. The number of hydrazone groups is 2. The van der Waals surface area contributed by atoms with Gasteiger partial charge in [-0.2, -0.15) is 10.2 Å². The van der Waals surface area contributed by atoms with Gasteiger partial charge in [0.05, 0.1) is 44.7 Å². The molecule has 30 heavy (non-hydrogen) atoms. The molecule has 0 saturated heterocycles. The number of nitrogens with zero attached hydrogens (tertiary/aromatic N) is 3. The number of hydrogen-bond acceptors (Lipinski definition) is 8. The SMILES string of the molecule is C=C1SCC(c2ccc(OC)c(OC)c2)=NN1/C(=N\N)c1cc(OC)ccc1OC. The second-order valence-corrected chi connectivity index (χ2v) is 7.18. The molecule has 2 aromatic rings. The Balaban J connectivity index is 2.05. The van der Waals surface area contributed by atoms with Crippen molar-refractivity contribution in [3.63, 3.8) is 0 Å². The minimum absolute atomic E-state index is 0.390. The highest BCUT2D eigenvalue weighted by Crippen LogP contribution is 2.34. The molecule has 158 valence electrons. The fourth-order valence-corrected chi connectivity index (χ4v) is 3.74. The maximum atomic E-state index is 5.77. The van der Waals surface area contributed by atoms with Crippen LogP contribution >= 0.6 is 11.8 Å². The number of benzene rings is 2. The van der Waals surface area contributed by atoms with Crippen molar-refractivity contribution in [2.24, 2.45) is 16.0 Å². The van der Waals surface area contributed by atoms with E-state index >= 15 is 0 Å². The molecule has 1 aliphatic heterocycles. The van der Waals surface area contributed by atoms with E-state index in [4.69, 9.17) is 29.9 Å². The van der Waals surface area contributed by atoms with Gasteiger partial charge in [0.2, 0.25) is 0 Å². The number of thioether (sulfide) groups is 1. The summed E-state index contributed by atoms with van der Waals surface area (Å²) in [5.41, 5.74) is 2.35. The Morgan fingerprint density at radius 1 is 1.00 bits per heavy atom. The van der Waals surface area contributed by atoms with Crippen LogP contribution in [-0.2, 0) is 0 Å². The number of nitrogens with two attached hydrogens (primary N) is 1. The van der Waals surface area contributed by atoms with Gasteiger partial charge in [-0.25, -0.2) is 5.01 Å². The van der Waals surface area contributed by atoms with Crippen LogP contribution in [0.2, 0.25) is 0 Å². The van der Waals surface area contributed by atoms with E-state index in [0.29, 0.717) is 45.2 Å². The summed E-state index contributed by atoms with van der Waals surface area (Å²) < 4.78 is 21.6. The molecule has 0 radical (unpaired) electrons. The van der Waals surface area contributed by atoms with Crippen molar-refractivity contribution in [3.8, 4) is 23.0 Å². The lowest BCUT2D eigenvalue weighted by molar-refractivity contribution is 0.355. The molecular weight excluding hydrogens is 404 g/mol. The van der Waals surface area contributed by atoms with Crippen LogP contribution in [0.1, 0.15) is 11.1 Å². The average molecular weight is 429 g/mol. The van der Waals surface area contributed by atoms with Crippen molar-refractivity contribution in [1.29, 1.82) is 0 Å². The van der Waals surface area contributed by atoms with Crippen LogP contribution in [0.3, 0.4) is 0 Å². The van der Waals surface area contributed by atoms with E-state index < -0.39 is 0 Å². The third kappa shape index (κ3) is 4.16. The van der Waals surface area contributed by atoms with Gasteiger partial charge >= 0.3 is 0 Å². The van der Waals surface area contributed by atoms with Crippen LogP contribution in [0.4, 0.5) is 0 Å². The standard InChI is InChI=1S/C21H24N4O4S/c1-13-25(21(23-22)16-11-15(26-2)7-9-18(16)27-3)24-17(12-30-13)14-6-8-19(28-4)20(10-14)29-5/h6-11H,1,12,22H2,2-5H3/b23-21-. The minimum atomic E-state index is 0.390. The third-order valence-electron chi connectivity index (χ3n) is 4.52. The summed E-state index contributed by atoms with van der Waals surface area (Å²) in [6.07, 6.45) is 0. The lowest BCUT2D eigenvalue weighted by atomic mass is 10.1. The Bertz CT molecular complexity index is 1010. The predicted octanol–water partition coefficient (Wildman–Crippen LogP) is 3.27. The van der Waals surface area contributed by atoms with Gasteiger partial charge in [-0.05, 0) is 36.4 Å². The molecule has 0 spiro atoms. The molecule has 0 aliphatic carbocycles. The summed E-state index contributed by atoms with van der Waals surface area (Å²) in [5.74, 6) is 9.31. The van der Waals surface area contributed by atoms with Gasteiger partial charge in [0.15, 0.2) is 17.3 Å². The van der Waals surface area contributed by atoms with Crippen molar-refractivity contribution in [2.75, 3.05) is 34.2 Å². The van der Waals surface area contributed by atoms with Crippen LogP contribution in [0, 0.1) is 0 Å². The van der Waals surface area contributed by atoms with E-state index in [1.165, 1.54) is 11.8 Å². The summed E-state index contributed by atoms with van der Waals surface area (Å²) in [7, 11) is 6.37. The molecule has 0 atom stereocenters. The molecule has 2 aromatic carbocycles. The molecule has 0 amide bonds. The van der Waals surface area contributed by atoms with Gasteiger partial charge in [-0.3, -0.25) is 0 Å². The first-order valence-electron chi connectivity index (χ1n) is 8.98. The number of ether oxygens (including phenoxy) is 4. The Labute approximate surface area is 179 Å². The molecule has 0 aromatic heterocycles. The van der Waals surface area contributed by atoms with E-state index in [9.17, 15) is 0 Å². The van der Waals surface area contributed by atoms with Crippen molar-refractivity contribution in [2.45, 2.75) is 0 Å². The zero-order chi connectivity index (χ0) is 21.7. The van der Waals surface area contributed by atoms with Crippen LogP contribution in [0.5, 0.6) is 23.0 Å². The lowest BCUT2D eigenvalue weighted by Crippen LogP contribution is -2.31. The zero-order valence-electron chi connectivity index (χ0n) is 17.3. The molecule has 0 bridgehead atoms. The Hall–Kier alpha value is -3.33. The lowest BCUT2D eigenvalue weighted by Gasteiger charge is -2.28. The van der Waals surface area contributed by atoms with Crippen LogP contribution in [-0.4, -0.2) is 50.7 Å². The van der Waals surface area contributed by atoms with Crippen molar-refractivity contribution in [3.05, 3.63) is 59.1 Å². The van der Waals surface area contributed by atoms with Gasteiger partial charge in [-0.15, -0.1) is 11.8 Å². The fourth-order valence-electron chi connectivity index (χ4n) is 2.97. The van der Waals surface area contributed by atoms with Gasteiger partial charge in [0.1, 0.15) is 11.5 Å². The first-order chi connectivity index (χ1) is 14.6. The third-order valence-corrected chi connectivity index (χ3v) is 5.44. The van der Waals surface area contributed by atoms with E-state index in [1.807, 2.05) is 18.2 Å². The molecule has 3 rings (SSSR count).